The van der Waals surface area contributed by atoms with E-state index in [1.807, 2.05) is 17.9 Å². The lowest BCUT2D eigenvalue weighted by molar-refractivity contribution is -0.149. The largest absolute Gasteiger partial charge is 0.490 e. The average Bonchev–Trinajstić information content (AvgIpc) is 3.25. The number of nitrogens with zero attached hydrogens (tertiary/aromatic N) is 3. The van der Waals surface area contributed by atoms with Crippen molar-refractivity contribution in [2.45, 2.75) is 81.5 Å². The summed E-state index contributed by atoms with van der Waals surface area (Å²) < 4.78 is 41.3. The zero-order valence-electron chi connectivity index (χ0n) is 31.3. The number of anilines is 1. The van der Waals surface area contributed by atoms with Crippen LogP contribution in [0.3, 0.4) is 0 Å². The van der Waals surface area contributed by atoms with Gasteiger partial charge in [-0.1, -0.05) is 31.0 Å². The molecule has 1 spiro atoms. The minimum absolute atomic E-state index is 0.0109. The summed E-state index contributed by atoms with van der Waals surface area (Å²) in [5, 5.41) is 12.7. The standard InChI is InChI=1S/C40H55ClN4O7S/c1-27-6-4-15-40(48,25-44-17-16-43(18-19-51-3)23-37(44)46)34-11-8-31(34)22-45-24-39(14-5-7-29-20-32(41)10-12-33(29)39)26-52-36-13-9-30(21-35(36)45)38(47)42-53(49,50)28(27)2/h9-10,12-13,20-21,27-28,31,34,48H,4-8,11,14-19,22-26H2,1-3H3,(H,42,47)/t27-,28+,31-,34+,39-,40+/m0/s1. The molecule has 2 aromatic carbocycles. The van der Waals surface area contributed by atoms with Crippen LogP contribution >= 0.6 is 11.6 Å². The first-order chi connectivity index (χ1) is 25.3. The summed E-state index contributed by atoms with van der Waals surface area (Å²) in [7, 11) is -2.34. The van der Waals surface area contributed by atoms with Crippen molar-refractivity contribution in [2.75, 3.05) is 71.0 Å². The first-order valence-corrected chi connectivity index (χ1v) is 21.3. The Morgan fingerprint density at radius 2 is 1.89 bits per heavy atom. The van der Waals surface area contributed by atoms with E-state index in [1.165, 1.54) is 11.1 Å². The second-order valence-electron chi connectivity index (χ2n) is 16.5. The van der Waals surface area contributed by atoms with Gasteiger partial charge in [-0.2, -0.15) is 0 Å². The van der Waals surface area contributed by atoms with Gasteiger partial charge in [-0.05, 0) is 111 Å². The van der Waals surface area contributed by atoms with Gasteiger partial charge in [0.15, 0.2) is 0 Å². The molecule has 2 amide bonds. The number of nitrogens with one attached hydrogen (secondary N) is 1. The van der Waals surface area contributed by atoms with Crippen LogP contribution < -0.4 is 14.4 Å². The summed E-state index contributed by atoms with van der Waals surface area (Å²) >= 11 is 6.47. The van der Waals surface area contributed by atoms with Crippen molar-refractivity contribution in [3.8, 4) is 5.75 Å². The Morgan fingerprint density at radius 3 is 2.64 bits per heavy atom. The number of carbonyl (C=O) groups excluding carboxylic acids is 2. The Labute approximate surface area is 319 Å². The molecule has 13 heteroatoms. The molecule has 7 rings (SSSR count). The van der Waals surface area contributed by atoms with Crippen molar-refractivity contribution in [1.29, 1.82) is 0 Å². The molecule has 0 aromatic heterocycles. The number of amides is 2. The number of aliphatic hydroxyl groups is 1. The van der Waals surface area contributed by atoms with Gasteiger partial charge in [0.1, 0.15) is 5.75 Å². The van der Waals surface area contributed by atoms with Crippen LogP contribution in [-0.4, -0.2) is 112 Å². The molecule has 2 bridgehead atoms. The Bertz CT molecular complexity index is 1810. The minimum atomic E-state index is -4.00. The molecule has 0 radical (unpaired) electrons. The summed E-state index contributed by atoms with van der Waals surface area (Å²) in [5.74, 6) is -0.181. The summed E-state index contributed by atoms with van der Waals surface area (Å²) in [6.45, 7) is 8.31. The zero-order chi connectivity index (χ0) is 37.5. The number of ether oxygens (including phenoxy) is 2. The van der Waals surface area contributed by atoms with Gasteiger partial charge in [-0.25, -0.2) is 13.1 Å². The number of methoxy groups -OCH3 is 1. The molecule has 2 N–H and O–H groups in total. The van der Waals surface area contributed by atoms with Crippen molar-refractivity contribution in [2.24, 2.45) is 17.8 Å². The highest BCUT2D eigenvalue weighted by molar-refractivity contribution is 7.90. The van der Waals surface area contributed by atoms with Gasteiger partial charge < -0.3 is 24.4 Å². The first kappa shape index (κ1) is 38.4. The van der Waals surface area contributed by atoms with E-state index in [0.717, 1.165) is 44.3 Å². The number of aryl methyl sites for hydroxylation is 1. The predicted octanol–water partition coefficient (Wildman–Crippen LogP) is 4.63. The molecule has 2 aromatic rings. The minimum Gasteiger partial charge on any atom is -0.490 e. The Hall–Kier alpha value is -2.90. The van der Waals surface area contributed by atoms with Crippen LogP contribution in [0.4, 0.5) is 5.69 Å². The van der Waals surface area contributed by atoms with E-state index < -0.39 is 26.8 Å². The first-order valence-electron chi connectivity index (χ1n) is 19.4. The van der Waals surface area contributed by atoms with Gasteiger partial charge in [-0.3, -0.25) is 14.5 Å². The molecule has 3 heterocycles. The monoisotopic (exact) mass is 770 g/mol. The Kier molecular flexibility index (Phi) is 11.1. The molecule has 1 saturated heterocycles. The number of β-amino-alcohol motifs (C(OH)–C–C–N with tert-alkyl or cyclic N) is 1. The topological polar surface area (TPSA) is 129 Å². The number of halogens is 1. The normalized spacial score (nSPS) is 32.2. The van der Waals surface area contributed by atoms with E-state index in [0.29, 0.717) is 76.0 Å². The summed E-state index contributed by atoms with van der Waals surface area (Å²) in [6, 6.07) is 11.3. The smallest absolute Gasteiger partial charge is 0.264 e. The van der Waals surface area contributed by atoms with E-state index in [2.05, 4.69) is 26.7 Å². The molecule has 53 heavy (non-hydrogen) atoms. The fourth-order valence-corrected chi connectivity index (χ4v) is 11.1. The predicted molar refractivity (Wildman–Crippen MR) is 205 cm³/mol. The van der Waals surface area contributed by atoms with Crippen molar-refractivity contribution in [3.63, 3.8) is 0 Å². The average molecular weight is 771 g/mol. The highest BCUT2D eigenvalue weighted by Crippen LogP contribution is 2.49. The highest BCUT2D eigenvalue weighted by atomic mass is 35.5. The molecule has 5 aliphatic rings. The van der Waals surface area contributed by atoms with Crippen LogP contribution in [0.25, 0.3) is 0 Å². The van der Waals surface area contributed by atoms with E-state index >= 15 is 0 Å². The molecule has 1 saturated carbocycles. The van der Waals surface area contributed by atoms with Crippen molar-refractivity contribution in [3.05, 3.63) is 58.1 Å². The fourth-order valence-electron chi connectivity index (χ4n) is 9.63. The number of benzene rings is 2. The number of piperazine rings is 1. The van der Waals surface area contributed by atoms with Crippen LogP contribution in [0.15, 0.2) is 36.4 Å². The van der Waals surface area contributed by atoms with Crippen molar-refractivity contribution >= 4 is 39.1 Å². The summed E-state index contributed by atoms with van der Waals surface area (Å²) in [4.78, 5) is 33.4. The zero-order valence-corrected chi connectivity index (χ0v) is 32.9. The van der Waals surface area contributed by atoms with E-state index in [1.54, 1.807) is 32.2 Å². The Morgan fingerprint density at radius 1 is 1.06 bits per heavy atom. The molecule has 6 atom stereocenters. The van der Waals surface area contributed by atoms with Crippen LogP contribution in [0.1, 0.15) is 80.3 Å². The second-order valence-corrected chi connectivity index (χ2v) is 18.9. The third kappa shape index (κ3) is 7.81. The molecule has 3 aliphatic heterocycles. The SMILES string of the molecule is COCCN1CCN(C[C@]2(O)CCC[C@H](C)[C@@H](C)S(=O)(=O)NC(=O)c3ccc4c(c3)N(C[C@@H]3CC[C@H]32)C[C@@]2(CCCc3cc(Cl)ccc32)CO4)C(=O)C1. The maximum absolute atomic E-state index is 13.6. The van der Waals surface area contributed by atoms with Gasteiger partial charge in [0.25, 0.3) is 5.91 Å². The van der Waals surface area contributed by atoms with E-state index in [9.17, 15) is 23.1 Å². The van der Waals surface area contributed by atoms with Gasteiger partial charge in [0, 0.05) is 62.4 Å². The van der Waals surface area contributed by atoms with Crippen LogP contribution in [0, 0.1) is 17.8 Å². The summed E-state index contributed by atoms with van der Waals surface area (Å²) in [5.41, 5.74) is 1.98. The fraction of sp³-hybridized carbons (Fsp3) is 0.650. The second kappa shape index (κ2) is 15.3. The van der Waals surface area contributed by atoms with Crippen molar-refractivity contribution in [1.82, 2.24) is 14.5 Å². The lowest BCUT2D eigenvalue weighted by Gasteiger charge is -2.52. The van der Waals surface area contributed by atoms with E-state index in [4.69, 9.17) is 21.1 Å². The molecular formula is C40H55ClN4O7S. The highest BCUT2D eigenvalue weighted by Gasteiger charge is 2.50. The third-order valence-corrected chi connectivity index (χ3v) is 15.3. The Balaban J connectivity index is 1.25. The molecule has 2 aliphatic carbocycles. The maximum atomic E-state index is 13.6. The van der Waals surface area contributed by atoms with Gasteiger partial charge in [0.2, 0.25) is 15.9 Å². The summed E-state index contributed by atoms with van der Waals surface area (Å²) in [6.07, 6.45) is 6.24. The number of sulfonamides is 1. The molecule has 11 nitrogen and oxygen atoms in total. The van der Waals surface area contributed by atoms with E-state index in [-0.39, 0.29) is 41.2 Å². The number of hydrogen-bond acceptors (Lipinski definition) is 9. The number of carbonyl (C=O) groups is 2. The molecule has 0 unspecified atom stereocenters. The maximum Gasteiger partial charge on any atom is 0.264 e. The quantitative estimate of drug-likeness (QED) is 0.448. The molecular weight excluding hydrogens is 716 g/mol. The number of fused-ring (bicyclic) bond motifs is 4. The lowest BCUT2D eigenvalue weighted by atomic mass is 9.62. The number of hydrogen-bond donors (Lipinski definition) is 2. The van der Waals surface area contributed by atoms with Gasteiger partial charge >= 0.3 is 0 Å². The van der Waals surface area contributed by atoms with Crippen LogP contribution in [0.2, 0.25) is 5.02 Å². The molecule has 290 valence electrons. The van der Waals surface area contributed by atoms with Crippen LogP contribution in [0.5, 0.6) is 5.75 Å². The molecule has 2 fully saturated rings. The number of rotatable bonds is 5. The van der Waals surface area contributed by atoms with Gasteiger partial charge in [-0.15, -0.1) is 0 Å². The van der Waals surface area contributed by atoms with Crippen molar-refractivity contribution < 1.29 is 32.6 Å². The van der Waals surface area contributed by atoms with Crippen LogP contribution in [-0.2, 0) is 31.4 Å². The van der Waals surface area contributed by atoms with Gasteiger partial charge in [0.05, 0.1) is 36.3 Å². The lowest BCUT2D eigenvalue weighted by Crippen LogP contribution is -2.60. The third-order valence-electron chi connectivity index (χ3n) is 13.1.